The standard InChI is InChI=1S/C18H17ClN2/c1-4-13-6-5-7-15-16(13)20-18(21-17(15)19)14-9-8-11(2)10-12(14)3/h5-10H,4H2,1-3H3. The Morgan fingerprint density at radius 1 is 1.05 bits per heavy atom. The first-order valence-corrected chi connectivity index (χ1v) is 7.50. The van der Waals surface area contributed by atoms with Crippen LogP contribution in [0.3, 0.4) is 0 Å². The van der Waals surface area contributed by atoms with Crippen molar-refractivity contribution in [2.45, 2.75) is 27.2 Å². The third-order valence-electron chi connectivity index (χ3n) is 3.77. The highest BCUT2D eigenvalue weighted by molar-refractivity contribution is 6.34. The predicted molar refractivity (Wildman–Crippen MR) is 88.8 cm³/mol. The molecule has 3 heteroatoms. The zero-order valence-corrected chi connectivity index (χ0v) is 13.2. The van der Waals surface area contributed by atoms with Crippen molar-refractivity contribution >= 4 is 22.5 Å². The molecule has 0 unspecified atom stereocenters. The number of aromatic nitrogens is 2. The van der Waals surface area contributed by atoms with Gasteiger partial charge in [0, 0.05) is 10.9 Å². The van der Waals surface area contributed by atoms with Crippen LogP contribution in [0.15, 0.2) is 36.4 Å². The van der Waals surface area contributed by atoms with Crippen LogP contribution in [-0.2, 0) is 6.42 Å². The molecule has 21 heavy (non-hydrogen) atoms. The van der Waals surface area contributed by atoms with Gasteiger partial charge in [-0.15, -0.1) is 0 Å². The van der Waals surface area contributed by atoms with Gasteiger partial charge in [0.1, 0.15) is 5.15 Å². The van der Waals surface area contributed by atoms with E-state index in [4.69, 9.17) is 16.6 Å². The van der Waals surface area contributed by atoms with Crippen molar-refractivity contribution in [1.29, 1.82) is 0 Å². The van der Waals surface area contributed by atoms with Gasteiger partial charge in [-0.25, -0.2) is 9.97 Å². The van der Waals surface area contributed by atoms with Crippen LogP contribution in [-0.4, -0.2) is 9.97 Å². The van der Waals surface area contributed by atoms with Crippen molar-refractivity contribution in [3.63, 3.8) is 0 Å². The molecule has 2 aromatic carbocycles. The van der Waals surface area contributed by atoms with Crippen LogP contribution in [0.5, 0.6) is 0 Å². The summed E-state index contributed by atoms with van der Waals surface area (Å²) in [6.07, 6.45) is 0.928. The Kier molecular flexibility index (Phi) is 3.64. The number of hydrogen-bond acceptors (Lipinski definition) is 2. The van der Waals surface area contributed by atoms with Gasteiger partial charge in [0.25, 0.3) is 0 Å². The van der Waals surface area contributed by atoms with Crippen molar-refractivity contribution in [3.8, 4) is 11.4 Å². The van der Waals surface area contributed by atoms with E-state index in [9.17, 15) is 0 Å². The largest absolute Gasteiger partial charge is 0.228 e. The van der Waals surface area contributed by atoms with E-state index >= 15 is 0 Å². The summed E-state index contributed by atoms with van der Waals surface area (Å²) in [4.78, 5) is 9.26. The second-order valence-corrected chi connectivity index (χ2v) is 5.68. The first kappa shape index (κ1) is 14.0. The molecule has 106 valence electrons. The van der Waals surface area contributed by atoms with E-state index in [1.54, 1.807) is 0 Å². The van der Waals surface area contributed by atoms with Crippen LogP contribution in [0.1, 0.15) is 23.6 Å². The molecule has 0 saturated carbocycles. The van der Waals surface area contributed by atoms with E-state index in [0.29, 0.717) is 11.0 Å². The number of benzene rings is 2. The summed E-state index contributed by atoms with van der Waals surface area (Å²) in [5, 5.41) is 1.44. The summed E-state index contributed by atoms with van der Waals surface area (Å²) < 4.78 is 0. The Morgan fingerprint density at radius 2 is 1.86 bits per heavy atom. The Balaban J connectivity index is 2.29. The second kappa shape index (κ2) is 5.45. The average Bonchev–Trinajstić information content (AvgIpc) is 2.46. The van der Waals surface area contributed by atoms with Crippen LogP contribution in [0, 0.1) is 13.8 Å². The lowest BCUT2D eigenvalue weighted by Gasteiger charge is -2.10. The van der Waals surface area contributed by atoms with Crippen molar-refractivity contribution in [3.05, 3.63) is 58.2 Å². The normalized spacial score (nSPS) is 11.0. The number of aryl methyl sites for hydroxylation is 3. The Morgan fingerprint density at radius 3 is 2.57 bits per heavy atom. The highest BCUT2D eigenvalue weighted by Crippen LogP contribution is 2.28. The molecule has 0 atom stereocenters. The third-order valence-corrected chi connectivity index (χ3v) is 4.06. The van der Waals surface area contributed by atoms with Crippen LogP contribution in [0.2, 0.25) is 5.15 Å². The van der Waals surface area contributed by atoms with Crippen LogP contribution in [0.25, 0.3) is 22.3 Å². The number of hydrogen-bond donors (Lipinski definition) is 0. The minimum atomic E-state index is 0.519. The number of halogens is 1. The van der Waals surface area contributed by atoms with E-state index in [2.05, 4.69) is 50.0 Å². The van der Waals surface area contributed by atoms with E-state index in [-0.39, 0.29) is 0 Å². The maximum Gasteiger partial charge on any atom is 0.161 e. The maximum absolute atomic E-state index is 6.37. The van der Waals surface area contributed by atoms with Gasteiger partial charge in [0.2, 0.25) is 0 Å². The average molecular weight is 297 g/mol. The number of rotatable bonds is 2. The molecule has 0 aliphatic heterocycles. The van der Waals surface area contributed by atoms with Crippen molar-refractivity contribution < 1.29 is 0 Å². The first-order valence-electron chi connectivity index (χ1n) is 7.13. The topological polar surface area (TPSA) is 25.8 Å². The summed E-state index contributed by atoms with van der Waals surface area (Å²) >= 11 is 6.37. The first-order chi connectivity index (χ1) is 10.1. The zero-order chi connectivity index (χ0) is 15.0. The molecule has 0 spiro atoms. The lowest BCUT2D eigenvalue weighted by atomic mass is 10.0. The van der Waals surface area contributed by atoms with Gasteiger partial charge in [-0.2, -0.15) is 0 Å². The minimum Gasteiger partial charge on any atom is -0.228 e. The molecule has 1 heterocycles. The zero-order valence-electron chi connectivity index (χ0n) is 12.4. The molecule has 0 aliphatic carbocycles. The Bertz CT molecular complexity index is 825. The van der Waals surface area contributed by atoms with Crippen LogP contribution >= 0.6 is 11.6 Å². The molecule has 0 aliphatic rings. The lowest BCUT2D eigenvalue weighted by Crippen LogP contribution is -1.96. The highest BCUT2D eigenvalue weighted by atomic mass is 35.5. The van der Waals surface area contributed by atoms with Gasteiger partial charge in [-0.05, 0) is 37.5 Å². The number of para-hydroxylation sites is 1. The fourth-order valence-electron chi connectivity index (χ4n) is 2.64. The van der Waals surface area contributed by atoms with Gasteiger partial charge in [0.15, 0.2) is 5.82 Å². The molecule has 0 fully saturated rings. The van der Waals surface area contributed by atoms with Crippen molar-refractivity contribution in [2.75, 3.05) is 0 Å². The lowest BCUT2D eigenvalue weighted by molar-refractivity contribution is 1.13. The van der Waals surface area contributed by atoms with Gasteiger partial charge >= 0.3 is 0 Å². The Labute approximate surface area is 129 Å². The third kappa shape index (κ3) is 2.52. The summed E-state index contributed by atoms with van der Waals surface area (Å²) in [5.41, 5.74) is 5.59. The molecular formula is C18H17ClN2. The van der Waals surface area contributed by atoms with Crippen LogP contribution in [0.4, 0.5) is 0 Å². The predicted octanol–water partition coefficient (Wildman–Crippen LogP) is 5.13. The minimum absolute atomic E-state index is 0.519. The molecule has 3 rings (SSSR count). The molecule has 0 bridgehead atoms. The fourth-order valence-corrected chi connectivity index (χ4v) is 2.88. The smallest absolute Gasteiger partial charge is 0.161 e. The van der Waals surface area contributed by atoms with E-state index in [1.165, 1.54) is 16.7 Å². The SMILES string of the molecule is CCc1cccc2c(Cl)nc(-c3ccc(C)cc3C)nc12. The number of nitrogens with zero attached hydrogens (tertiary/aromatic N) is 2. The fraction of sp³-hybridized carbons (Fsp3) is 0.222. The molecule has 2 nitrogen and oxygen atoms in total. The van der Waals surface area contributed by atoms with Gasteiger partial charge in [-0.3, -0.25) is 0 Å². The van der Waals surface area contributed by atoms with E-state index in [1.807, 2.05) is 12.1 Å². The van der Waals surface area contributed by atoms with Gasteiger partial charge < -0.3 is 0 Å². The number of fused-ring (bicyclic) bond motifs is 1. The molecule has 0 amide bonds. The molecular weight excluding hydrogens is 280 g/mol. The molecule has 1 aromatic heterocycles. The van der Waals surface area contributed by atoms with Crippen LogP contribution < -0.4 is 0 Å². The van der Waals surface area contributed by atoms with Crippen molar-refractivity contribution in [1.82, 2.24) is 9.97 Å². The maximum atomic E-state index is 6.37. The highest BCUT2D eigenvalue weighted by Gasteiger charge is 2.11. The van der Waals surface area contributed by atoms with Crippen molar-refractivity contribution in [2.24, 2.45) is 0 Å². The summed E-state index contributed by atoms with van der Waals surface area (Å²) in [5.74, 6) is 0.700. The quantitative estimate of drug-likeness (QED) is 0.613. The molecule has 0 radical (unpaired) electrons. The molecule has 0 N–H and O–H groups in total. The second-order valence-electron chi connectivity index (χ2n) is 5.32. The molecule has 0 saturated heterocycles. The monoisotopic (exact) mass is 296 g/mol. The summed E-state index contributed by atoms with van der Waals surface area (Å²) in [7, 11) is 0. The van der Waals surface area contributed by atoms with Gasteiger partial charge in [-0.1, -0.05) is 54.4 Å². The van der Waals surface area contributed by atoms with E-state index in [0.717, 1.165) is 22.9 Å². The molecule has 3 aromatic rings. The van der Waals surface area contributed by atoms with E-state index < -0.39 is 0 Å². The van der Waals surface area contributed by atoms with Gasteiger partial charge in [0.05, 0.1) is 5.52 Å². The summed E-state index contributed by atoms with van der Waals surface area (Å²) in [6.45, 7) is 6.29. The Hall–Kier alpha value is -1.93. The summed E-state index contributed by atoms with van der Waals surface area (Å²) in [6, 6.07) is 12.4.